The van der Waals surface area contributed by atoms with Gasteiger partial charge in [0.05, 0.1) is 0 Å². The molecule has 0 bridgehead atoms. The quantitative estimate of drug-likeness (QED) is 0.810. The topological polar surface area (TPSA) is 55.1 Å². The van der Waals surface area contributed by atoms with Gasteiger partial charge in [-0.25, -0.2) is 4.79 Å². The van der Waals surface area contributed by atoms with Crippen molar-refractivity contribution < 1.29 is 18.0 Å². The van der Waals surface area contributed by atoms with Gasteiger partial charge in [-0.15, -0.1) is 0 Å². The number of hydrogen-bond acceptors (Lipinski definition) is 2. The van der Waals surface area contributed by atoms with Crippen molar-refractivity contribution in [2.75, 3.05) is 0 Å². The number of thioether (sulfide) groups is 1. The number of alkyl halides is 3. The van der Waals surface area contributed by atoms with Gasteiger partial charge in [-0.3, -0.25) is 0 Å². The highest BCUT2D eigenvalue weighted by atomic mass is 32.2. The Bertz CT molecular complexity index is 364. The van der Waals surface area contributed by atoms with E-state index in [-0.39, 0.29) is 23.2 Å². The van der Waals surface area contributed by atoms with Crippen LogP contribution >= 0.6 is 11.8 Å². The molecule has 0 unspecified atom stereocenters. The van der Waals surface area contributed by atoms with E-state index in [9.17, 15) is 18.0 Å². The minimum atomic E-state index is -4.28. The number of benzene rings is 1. The molecule has 0 aliphatic heterocycles. The first kappa shape index (κ1) is 12.7. The summed E-state index contributed by atoms with van der Waals surface area (Å²) in [6.45, 7) is 0.201. The number of nitrogens with one attached hydrogen (secondary N) is 1. The highest BCUT2D eigenvalue weighted by Crippen LogP contribution is 2.36. The third-order valence-corrected chi connectivity index (χ3v) is 2.36. The van der Waals surface area contributed by atoms with Gasteiger partial charge in [0.25, 0.3) is 0 Å². The number of primary amides is 1. The Balaban J connectivity index is 2.57. The van der Waals surface area contributed by atoms with Crippen LogP contribution in [0.15, 0.2) is 29.2 Å². The van der Waals surface area contributed by atoms with Crippen LogP contribution in [0.5, 0.6) is 0 Å². The summed E-state index contributed by atoms with van der Waals surface area (Å²) in [6.07, 6.45) is 0. The molecular weight excluding hydrogens is 241 g/mol. The summed E-state index contributed by atoms with van der Waals surface area (Å²) in [5, 5.41) is 2.34. The van der Waals surface area contributed by atoms with Crippen molar-refractivity contribution in [3.05, 3.63) is 29.8 Å². The first-order chi connectivity index (χ1) is 7.37. The van der Waals surface area contributed by atoms with Crippen LogP contribution in [0.2, 0.25) is 0 Å². The van der Waals surface area contributed by atoms with Crippen molar-refractivity contribution in [2.24, 2.45) is 5.73 Å². The lowest BCUT2D eigenvalue weighted by molar-refractivity contribution is -0.0328. The van der Waals surface area contributed by atoms with Crippen LogP contribution in [0.4, 0.5) is 18.0 Å². The fraction of sp³-hybridized carbons (Fsp3) is 0.222. The normalized spacial score (nSPS) is 11.2. The molecule has 0 atom stereocenters. The lowest BCUT2D eigenvalue weighted by atomic mass is 10.2. The molecule has 0 aliphatic rings. The molecular formula is C9H9F3N2OS. The Morgan fingerprint density at radius 1 is 1.31 bits per heavy atom. The SMILES string of the molecule is NC(=O)NCc1ccc(SC(F)(F)F)cc1. The van der Waals surface area contributed by atoms with Crippen molar-refractivity contribution in [1.82, 2.24) is 5.32 Å². The molecule has 16 heavy (non-hydrogen) atoms. The summed E-state index contributed by atoms with van der Waals surface area (Å²) in [4.78, 5) is 10.5. The maximum atomic E-state index is 12.0. The molecule has 3 N–H and O–H groups in total. The molecule has 0 aliphatic carbocycles. The number of amides is 2. The number of rotatable bonds is 3. The number of urea groups is 1. The van der Waals surface area contributed by atoms with E-state index in [0.29, 0.717) is 5.56 Å². The van der Waals surface area contributed by atoms with E-state index in [1.807, 2.05) is 0 Å². The third-order valence-electron chi connectivity index (χ3n) is 1.62. The summed E-state index contributed by atoms with van der Waals surface area (Å²) < 4.78 is 36.0. The molecule has 0 radical (unpaired) electrons. The average Bonchev–Trinajstić information content (AvgIpc) is 2.14. The molecule has 0 spiro atoms. The fourth-order valence-corrected chi connectivity index (χ4v) is 1.54. The molecule has 1 aromatic rings. The lowest BCUT2D eigenvalue weighted by Crippen LogP contribution is -2.28. The van der Waals surface area contributed by atoms with Gasteiger partial charge in [0.2, 0.25) is 0 Å². The highest BCUT2D eigenvalue weighted by molar-refractivity contribution is 8.00. The van der Waals surface area contributed by atoms with Gasteiger partial charge < -0.3 is 11.1 Å². The zero-order chi connectivity index (χ0) is 12.2. The second kappa shape index (κ2) is 5.11. The Labute approximate surface area is 94.2 Å². The first-order valence-electron chi connectivity index (χ1n) is 4.25. The number of hydrogen-bond donors (Lipinski definition) is 2. The van der Waals surface area contributed by atoms with Gasteiger partial charge in [0, 0.05) is 11.4 Å². The van der Waals surface area contributed by atoms with Crippen LogP contribution in [0, 0.1) is 0 Å². The largest absolute Gasteiger partial charge is 0.446 e. The Kier molecular flexibility index (Phi) is 4.05. The van der Waals surface area contributed by atoms with Gasteiger partial charge in [-0.05, 0) is 29.5 Å². The monoisotopic (exact) mass is 250 g/mol. The van der Waals surface area contributed by atoms with E-state index >= 15 is 0 Å². The molecule has 0 fully saturated rings. The maximum Gasteiger partial charge on any atom is 0.446 e. The van der Waals surface area contributed by atoms with Crippen molar-refractivity contribution in [1.29, 1.82) is 0 Å². The fourth-order valence-electron chi connectivity index (χ4n) is 0.998. The van der Waals surface area contributed by atoms with E-state index < -0.39 is 11.5 Å². The van der Waals surface area contributed by atoms with E-state index in [0.717, 1.165) is 0 Å². The molecule has 7 heteroatoms. The molecule has 0 aromatic heterocycles. The molecule has 1 aromatic carbocycles. The maximum absolute atomic E-state index is 12.0. The Morgan fingerprint density at radius 2 is 1.88 bits per heavy atom. The highest BCUT2D eigenvalue weighted by Gasteiger charge is 2.28. The standard InChI is InChI=1S/C9H9F3N2OS/c10-9(11,12)16-7-3-1-6(2-4-7)5-14-8(13)15/h1-4H,5H2,(H3,13,14,15). The predicted octanol–water partition coefficient (Wildman–Crippen LogP) is 2.47. The minimum Gasteiger partial charge on any atom is -0.352 e. The molecule has 0 heterocycles. The number of halogens is 3. The van der Waals surface area contributed by atoms with E-state index in [1.54, 1.807) is 0 Å². The summed E-state index contributed by atoms with van der Waals surface area (Å²) in [5.41, 5.74) is 1.25. The average molecular weight is 250 g/mol. The smallest absolute Gasteiger partial charge is 0.352 e. The molecule has 1 rings (SSSR count). The predicted molar refractivity (Wildman–Crippen MR) is 54.8 cm³/mol. The summed E-state index contributed by atoms with van der Waals surface area (Å²) in [7, 11) is 0. The van der Waals surface area contributed by atoms with Crippen LogP contribution < -0.4 is 11.1 Å². The van der Waals surface area contributed by atoms with Gasteiger partial charge in [0.1, 0.15) is 0 Å². The summed E-state index contributed by atoms with van der Waals surface area (Å²) in [6, 6.07) is 5.02. The van der Waals surface area contributed by atoms with Crippen molar-refractivity contribution in [3.8, 4) is 0 Å². The van der Waals surface area contributed by atoms with E-state index in [2.05, 4.69) is 5.32 Å². The second-order valence-corrected chi connectivity index (χ2v) is 4.05. The van der Waals surface area contributed by atoms with Crippen molar-refractivity contribution >= 4 is 17.8 Å². The van der Waals surface area contributed by atoms with Crippen LogP contribution in [-0.4, -0.2) is 11.5 Å². The zero-order valence-electron chi connectivity index (χ0n) is 8.04. The second-order valence-electron chi connectivity index (χ2n) is 2.91. The van der Waals surface area contributed by atoms with Crippen LogP contribution in [-0.2, 0) is 6.54 Å². The Morgan fingerprint density at radius 3 is 2.31 bits per heavy atom. The van der Waals surface area contributed by atoms with Gasteiger partial charge in [-0.2, -0.15) is 13.2 Å². The molecule has 0 saturated heterocycles. The Hall–Kier alpha value is -1.37. The van der Waals surface area contributed by atoms with Crippen molar-refractivity contribution in [3.63, 3.8) is 0 Å². The lowest BCUT2D eigenvalue weighted by Gasteiger charge is -2.06. The van der Waals surface area contributed by atoms with Gasteiger partial charge in [0.15, 0.2) is 0 Å². The molecule has 2 amide bonds. The summed E-state index contributed by atoms with van der Waals surface area (Å²) in [5.74, 6) is 0. The third kappa shape index (κ3) is 4.92. The first-order valence-corrected chi connectivity index (χ1v) is 5.06. The van der Waals surface area contributed by atoms with Crippen LogP contribution in [0.3, 0.4) is 0 Å². The van der Waals surface area contributed by atoms with Gasteiger partial charge >= 0.3 is 11.5 Å². The molecule has 3 nitrogen and oxygen atoms in total. The molecule has 88 valence electrons. The number of carbonyl (C=O) groups is 1. The minimum absolute atomic E-state index is 0.107. The number of nitrogens with two attached hydrogens (primary N) is 1. The number of carbonyl (C=O) groups excluding carboxylic acids is 1. The molecule has 0 saturated carbocycles. The zero-order valence-corrected chi connectivity index (χ0v) is 8.86. The van der Waals surface area contributed by atoms with Crippen LogP contribution in [0.1, 0.15) is 5.56 Å². The van der Waals surface area contributed by atoms with E-state index in [1.165, 1.54) is 24.3 Å². The van der Waals surface area contributed by atoms with E-state index in [4.69, 9.17) is 5.73 Å². The van der Waals surface area contributed by atoms with Gasteiger partial charge in [-0.1, -0.05) is 12.1 Å². The van der Waals surface area contributed by atoms with Crippen LogP contribution in [0.25, 0.3) is 0 Å². The van der Waals surface area contributed by atoms with Crippen molar-refractivity contribution in [2.45, 2.75) is 16.9 Å². The summed E-state index contributed by atoms with van der Waals surface area (Å²) >= 11 is -0.178.